The van der Waals surface area contributed by atoms with Crippen molar-refractivity contribution in [3.8, 4) is 11.1 Å². The molecule has 1 N–H and O–H groups in total. The number of hydrogen-bond donors (Lipinski definition) is 1. The van der Waals surface area contributed by atoms with Crippen molar-refractivity contribution in [2.75, 3.05) is 25.5 Å². The van der Waals surface area contributed by atoms with Crippen LogP contribution in [0.4, 0.5) is 14.5 Å². The minimum atomic E-state index is -0.454. The van der Waals surface area contributed by atoms with E-state index in [1.165, 1.54) is 11.8 Å². The maximum Gasteiger partial charge on any atom is 0.131 e. The summed E-state index contributed by atoms with van der Waals surface area (Å²) in [5.74, 6) is -0.0767. The summed E-state index contributed by atoms with van der Waals surface area (Å²) in [7, 11) is 2.06. The van der Waals surface area contributed by atoms with Gasteiger partial charge in [0.05, 0.1) is 11.5 Å². The van der Waals surface area contributed by atoms with E-state index >= 15 is 0 Å². The lowest BCUT2D eigenvalue weighted by Crippen LogP contribution is -2.43. The highest BCUT2D eigenvalue weighted by atomic mass is 19.1. The number of rotatable bonds is 8. The van der Waals surface area contributed by atoms with Gasteiger partial charge in [-0.3, -0.25) is 0 Å². The van der Waals surface area contributed by atoms with Gasteiger partial charge in [-0.25, -0.2) is 8.78 Å². The van der Waals surface area contributed by atoms with Crippen LogP contribution in [0, 0.1) is 11.6 Å². The summed E-state index contributed by atoms with van der Waals surface area (Å²) in [4.78, 5) is 4.58. The zero-order chi connectivity index (χ0) is 22.4. The second kappa shape index (κ2) is 10.3. The molecule has 0 radical (unpaired) electrons. The Hall–Kier alpha value is -3.04. The van der Waals surface area contributed by atoms with Gasteiger partial charge in [0.1, 0.15) is 11.6 Å². The van der Waals surface area contributed by atoms with E-state index in [1.54, 1.807) is 12.1 Å². The fraction of sp³-hybridized carbons (Fsp3) is 0.346. The molecule has 1 aliphatic heterocycles. The maximum absolute atomic E-state index is 14.0. The number of nitrogens with zero attached hydrogens (tertiary/aromatic N) is 2. The topological polar surface area (TPSA) is 18.5 Å². The maximum atomic E-state index is 14.0. The van der Waals surface area contributed by atoms with Crippen molar-refractivity contribution in [2.45, 2.75) is 38.6 Å². The van der Waals surface area contributed by atoms with Crippen LogP contribution < -0.4 is 5.32 Å². The molecule has 2 aromatic rings. The molecule has 1 saturated heterocycles. The van der Waals surface area contributed by atoms with Crippen molar-refractivity contribution in [3.05, 3.63) is 84.5 Å². The van der Waals surface area contributed by atoms with Crippen molar-refractivity contribution in [2.24, 2.45) is 0 Å². The monoisotopic (exact) mass is 423 g/mol. The van der Waals surface area contributed by atoms with Crippen LogP contribution in [0.15, 0.2) is 72.9 Å². The highest BCUT2D eigenvalue weighted by molar-refractivity contribution is 5.67. The van der Waals surface area contributed by atoms with E-state index in [4.69, 9.17) is 0 Å². The van der Waals surface area contributed by atoms with Gasteiger partial charge < -0.3 is 15.1 Å². The molecule has 0 aliphatic carbocycles. The molecule has 0 aromatic heterocycles. The number of likely N-dealkylation sites (tertiary alicyclic amines) is 1. The number of nitrogens with one attached hydrogen (secondary N) is 1. The summed E-state index contributed by atoms with van der Waals surface area (Å²) in [6, 6.07) is 11.2. The van der Waals surface area contributed by atoms with E-state index in [2.05, 4.69) is 48.0 Å². The predicted octanol–water partition coefficient (Wildman–Crippen LogP) is 6.38. The van der Waals surface area contributed by atoms with Gasteiger partial charge in [0, 0.05) is 37.4 Å². The SMILES string of the molecule is C=C=C(CCC)N1CCC(N(C)C(=C)Nc2ccc(-c3cc(F)ccc3F)cc2)CC1. The zero-order valence-electron chi connectivity index (χ0n) is 18.4. The second-order valence-corrected chi connectivity index (χ2v) is 7.98. The molecule has 0 spiro atoms. The molecule has 0 amide bonds. The van der Waals surface area contributed by atoms with Crippen molar-refractivity contribution in [1.29, 1.82) is 0 Å². The van der Waals surface area contributed by atoms with Crippen LogP contribution in [0.2, 0.25) is 0 Å². The van der Waals surface area contributed by atoms with Gasteiger partial charge in [0.15, 0.2) is 0 Å². The van der Waals surface area contributed by atoms with Crippen LogP contribution in [0.5, 0.6) is 0 Å². The quantitative estimate of drug-likeness (QED) is 0.497. The van der Waals surface area contributed by atoms with Gasteiger partial charge in [-0.05, 0) is 55.2 Å². The highest BCUT2D eigenvalue weighted by Gasteiger charge is 2.24. The van der Waals surface area contributed by atoms with Gasteiger partial charge in [-0.2, -0.15) is 0 Å². The van der Waals surface area contributed by atoms with Crippen molar-refractivity contribution >= 4 is 5.69 Å². The summed E-state index contributed by atoms with van der Waals surface area (Å²) in [5.41, 5.74) is 6.06. The molecule has 0 atom stereocenters. The van der Waals surface area contributed by atoms with Gasteiger partial charge in [-0.1, -0.05) is 38.6 Å². The summed E-state index contributed by atoms with van der Waals surface area (Å²) in [6.07, 6.45) is 4.21. The number of halogens is 2. The average Bonchev–Trinajstić information content (AvgIpc) is 2.79. The predicted molar refractivity (Wildman–Crippen MR) is 124 cm³/mol. The molecule has 0 unspecified atom stereocenters. The van der Waals surface area contributed by atoms with E-state index < -0.39 is 11.6 Å². The highest BCUT2D eigenvalue weighted by Crippen LogP contribution is 2.27. The van der Waals surface area contributed by atoms with Crippen LogP contribution in [0.1, 0.15) is 32.6 Å². The third-order valence-corrected chi connectivity index (χ3v) is 5.92. The molecule has 2 aromatic carbocycles. The molecule has 1 heterocycles. The number of allylic oxidation sites excluding steroid dienone is 1. The van der Waals surface area contributed by atoms with E-state index in [0.29, 0.717) is 11.6 Å². The van der Waals surface area contributed by atoms with E-state index in [9.17, 15) is 8.78 Å². The fourth-order valence-corrected chi connectivity index (χ4v) is 4.05. The summed E-state index contributed by atoms with van der Waals surface area (Å²) in [5, 5.41) is 3.33. The largest absolute Gasteiger partial charge is 0.368 e. The first-order valence-electron chi connectivity index (χ1n) is 10.8. The Bertz CT molecular complexity index is 953. The zero-order valence-corrected chi connectivity index (χ0v) is 18.4. The molecule has 0 saturated carbocycles. The molecule has 0 bridgehead atoms. The van der Waals surface area contributed by atoms with Gasteiger partial charge in [0.2, 0.25) is 0 Å². The minimum Gasteiger partial charge on any atom is -0.368 e. The Morgan fingerprint density at radius 3 is 2.45 bits per heavy atom. The Morgan fingerprint density at radius 2 is 1.84 bits per heavy atom. The molecular formula is C26H31F2N3. The molecular weight excluding hydrogens is 392 g/mol. The smallest absolute Gasteiger partial charge is 0.131 e. The molecule has 5 heteroatoms. The Labute approximate surface area is 184 Å². The third kappa shape index (κ3) is 5.56. The lowest BCUT2D eigenvalue weighted by Gasteiger charge is -2.39. The second-order valence-electron chi connectivity index (χ2n) is 7.98. The molecule has 164 valence electrons. The molecule has 3 nitrogen and oxygen atoms in total. The Morgan fingerprint density at radius 1 is 1.16 bits per heavy atom. The fourth-order valence-electron chi connectivity index (χ4n) is 4.05. The minimum absolute atomic E-state index is 0.255. The van der Waals surface area contributed by atoms with Crippen molar-refractivity contribution in [3.63, 3.8) is 0 Å². The van der Waals surface area contributed by atoms with Crippen LogP contribution in [-0.2, 0) is 0 Å². The molecule has 1 fully saturated rings. The summed E-state index contributed by atoms with van der Waals surface area (Å²) >= 11 is 0. The van der Waals surface area contributed by atoms with Gasteiger partial charge in [0.25, 0.3) is 0 Å². The Kier molecular flexibility index (Phi) is 7.54. The number of piperidine rings is 1. The van der Waals surface area contributed by atoms with Gasteiger partial charge >= 0.3 is 0 Å². The molecule has 31 heavy (non-hydrogen) atoms. The van der Waals surface area contributed by atoms with Crippen LogP contribution >= 0.6 is 0 Å². The van der Waals surface area contributed by atoms with Crippen molar-refractivity contribution < 1.29 is 8.78 Å². The normalized spacial score (nSPS) is 14.1. The van der Waals surface area contributed by atoms with E-state index in [1.807, 2.05) is 12.1 Å². The lowest BCUT2D eigenvalue weighted by molar-refractivity contribution is 0.173. The molecule has 1 aliphatic rings. The summed E-state index contributed by atoms with van der Waals surface area (Å²) < 4.78 is 27.5. The third-order valence-electron chi connectivity index (χ3n) is 5.92. The van der Waals surface area contributed by atoms with Crippen LogP contribution in [0.3, 0.4) is 0 Å². The summed E-state index contributed by atoms with van der Waals surface area (Å²) in [6.45, 7) is 12.2. The first-order valence-corrected chi connectivity index (χ1v) is 10.8. The average molecular weight is 424 g/mol. The first-order chi connectivity index (χ1) is 14.9. The van der Waals surface area contributed by atoms with Crippen LogP contribution in [0.25, 0.3) is 11.1 Å². The number of hydrogen-bond acceptors (Lipinski definition) is 3. The van der Waals surface area contributed by atoms with E-state index in [-0.39, 0.29) is 5.56 Å². The lowest BCUT2D eigenvalue weighted by atomic mass is 10.0. The number of benzene rings is 2. The van der Waals surface area contributed by atoms with Crippen LogP contribution in [-0.4, -0.2) is 36.0 Å². The van der Waals surface area contributed by atoms with Crippen molar-refractivity contribution in [1.82, 2.24) is 9.80 Å². The Balaban J connectivity index is 1.58. The number of anilines is 1. The molecule has 3 rings (SSSR count). The van der Waals surface area contributed by atoms with E-state index in [0.717, 1.165) is 62.4 Å². The standard InChI is InChI=1S/C26H31F2N3/c1-5-7-23(6-2)31-16-14-24(15-17-31)30(4)19(3)29-22-11-8-20(9-12-22)25-18-21(27)10-13-26(25)28/h8-13,18,24,29H,2-3,5,7,14-17H2,1,4H3. The first kappa shape index (κ1) is 22.6. The van der Waals surface area contributed by atoms with Gasteiger partial charge in [-0.15, -0.1) is 5.73 Å².